The molecule has 2 amide bonds. The van der Waals surface area contributed by atoms with Crippen LogP contribution in [-0.4, -0.2) is 25.0 Å². The molecule has 0 radical (unpaired) electrons. The Kier molecular flexibility index (Phi) is 5.46. The van der Waals surface area contributed by atoms with Gasteiger partial charge in [0.05, 0.1) is 12.7 Å². The van der Waals surface area contributed by atoms with Crippen LogP contribution >= 0.6 is 11.3 Å². The fourth-order valence-corrected chi connectivity index (χ4v) is 4.39. The van der Waals surface area contributed by atoms with Gasteiger partial charge >= 0.3 is 0 Å². The van der Waals surface area contributed by atoms with Crippen LogP contribution in [0.5, 0.6) is 11.5 Å². The van der Waals surface area contributed by atoms with Crippen LogP contribution in [-0.2, 0) is 17.6 Å². The number of anilines is 1. The number of rotatable bonds is 6. The summed E-state index contributed by atoms with van der Waals surface area (Å²) in [6.45, 7) is 1.65. The molecule has 2 aromatic rings. The van der Waals surface area contributed by atoms with Crippen molar-refractivity contribution in [1.82, 2.24) is 0 Å². The van der Waals surface area contributed by atoms with Crippen LogP contribution in [0.3, 0.4) is 0 Å². The third-order valence-corrected chi connectivity index (χ3v) is 5.60. The molecule has 1 unspecified atom stereocenters. The van der Waals surface area contributed by atoms with Crippen molar-refractivity contribution in [3.8, 4) is 11.5 Å². The number of carbonyl (C=O) groups excluding carboxylic acids is 2. The van der Waals surface area contributed by atoms with E-state index in [0.717, 1.165) is 36.1 Å². The lowest BCUT2D eigenvalue weighted by Gasteiger charge is -2.16. The van der Waals surface area contributed by atoms with Gasteiger partial charge in [0.15, 0.2) is 17.6 Å². The van der Waals surface area contributed by atoms with Crippen molar-refractivity contribution in [3.05, 3.63) is 40.3 Å². The Morgan fingerprint density at radius 2 is 1.88 bits per heavy atom. The summed E-state index contributed by atoms with van der Waals surface area (Å²) >= 11 is 1.44. The number of methoxy groups -OCH3 is 1. The number of carbonyl (C=O) groups is 2. The summed E-state index contributed by atoms with van der Waals surface area (Å²) in [7, 11) is 1.54. The molecule has 0 saturated heterocycles. The minimum absolute atomic E-state index is 0.336. The number of ether oxygens (including phenoxy) is 2. The third kappa shape index (κ3) is 3.67. The molecule has 1 aliphatic carbocycles. The average Bonchev–Trinajstić information content (AvgIpc) is 3.00. The Bertz CT molecular complexity index is 831. The molecule has 3 N–H and O–H groups in total. The van der Waals surface area contributed by atoms with Gasteiger partial charge in [-0.25, -0.2) is 0 Å². The molecule has 0 aliphatic heterocycles. The molecule has 138 valence electrons. The molecule has 1 aliphatic rings. The number of nitrogens with two attached hydrogens (primary N) is 1. The zero-order valence-corrected chi connectivity index (χ0v) is 15.7. The van der Waals surface area contributed by atoms with Crippen molar-refractivity contribution < 1.29 is 19.1 Å². The normalized spacial score (nSPS) is 14.2. The van der Waals surface area contributed by atoms with E-state index < -0.39 is 12.0 Å². The van der Waals surface area contributed by atoms with E-state index in [9.17, 15) is 9.59 Å². The number of fused-ring (bicyclic) bond motifs is 1. The predicted molar refractivity (Wildman–Crippen MR) is 101 cm³/mol. The highest BCUT2D eigenvalue weighted by atomic mass is 32.1. The summed E-state index contributed by atoms with van der Waals surface area (Å²) in [6, 6.07) is 7.13. The fraction of sp³-hybridized carbons (Fsp3) is 0.368. The van der Waals surface area contributed by atoms with Crippen LogP contribution in [0.1, 0.15) is 40.6 Å². The molecule has 1 atom stereocenters. The number of nitrogens with one attached hydrogen (secondary N) is 1. The Labute approximate surface area is 156 Å². The largest absolute Gasteiger partial charge is 0.493 e. The van der Waals surface area contributed by atoms with Crippen LogP contribution in [0.4, 0.5) is 5.00 Å². The van der Waals surface area contributed by atoms with E-state index in [0.29, 0.717) is 22.1 Å². The van der Waals surface area contributed by atoms with Crippen LogP contribution in [0.25, 0.3) is 0 Å². The van der Waals surface area contributed by atoms with E-state index in [4.69, 9.17) is 15.2 Å². The topological polar surface area (TPSA) is 90.7 Å². The lowest BCUT2D eigenvalue weighted by molar-refractivity contribution is -0.122. The molecule has 0 spiro atoms. The second-order valence-corrected chi connectivity index (χ2v) is 7.28. The van der Waals surface area contributed by atoms with Crippen LogP contribution < -0.4 is 20.5 Å². The minimum Gasteiger partial charge on any atom is -0.493 e. The van der Waals surface area contributed by atoms with Crippen molar-refractivity contribution in [2.45, 2.75) is 38.7 Å². The molecule has 1 aromatic carbocycles. The highest BCUT2D eigenvalue weighted by molar-refractivity contribution is 7.17. The maximum absolute atomic E-state index is 12.6. The maximum Gasteiger partial charge on any atom is 0.265 e. The van der Waals surface area contributed by atoms with Gasteiger partial charge in [-0.1, -0.05) is 12.1 Å². The van der Waals surface area contributed by atoms with Gasteiger partial charge in [-0.15, -0.1) is 11.3 Å². The number of hydrogen-bond acceptors (Lipinski definition) is 5. The van der Waals surface area contributed by atoms with E-state index in [-0.39, 0.29) is 5.91 Å². The number of benzene rings is 1. The van der Waals surface area contributed by atoms with Crippen LogP contribution in [0, 0.1) is 0 Å². The van der Waals surface area contributed by atoms with Crippen molar-refractivity contribution in [3.63, 3.8) is 0 Å². The van der Waals surface area contributed by atoms with E-state index in [1.807, 2.05) is 6.07 Å². The quantitative estimate of drug-likeness (QED) is 0.813. The molecule has 0 bridgehead atoms. The summed E-state index contributed by atoms with van der Waals surface area (Å²) in [5, 5.41) is 3.34. The highest BCUT2D eigenvalue weighted by Gasteiger charge is 2.26. The minimum atomic E-state index is -0.758. The Hall–Kier alpha value is -2.54. The first kappa shape index (κ1) is 18.3. The van der Waals surface area contributed by atoms with E-state index >= 15 is 0 Å². The Balaban J connectivity index is 1.77. The van der Waals surface area contributed by atoms with Gasteiger partial charge < -0.3 is 20.5 Å². The number of amides is 2. The number of primary amides is 1. The third-order valence-electron chi connectivity index (χ3n) is 4.40. The molecule has 1 aromatic heterocycles. The van der Waals surface area contributed by atoms with E-state index in [1.165, 1.54) is 11.3 Å². The van der Waals surface area contributed by atoms with Crippen molar-refractivity contribution in [2.75, 3.05) is 12.4 Å². The summed E-state index contributed by atoms with van der Waals surface area (Å²) in [5.41, 5.74) is 7.00. The summed E-state index contributed by atoms with van der Waals surface area (Å²) in [4.78, 5) is 25.6. The van der Waals surface area contributed by atoms with E-state index in [2.05, 4.69) is 5.32 Å². The summed E-state index contributed by atoms with van der Waals surface area (Å²) in [6.07, 6.45) is 3.11. The Morgan fingerprint density at radius 1 is 1.19 bits per heavy atom. The molecule has 7 heteroatoms. The number of hydrogen-bond donors (Lipinski definition) is 2. The van der Waals surface area contributed by atoms with Gasteiger partial charge in [0.25, 0.3) is 11.8 Å². The number of thiophene rings is 1. The lowest BCUT2D eigenvalue weighted by atomic mass is 9.95. The smallest absolute Gasteiger partial charge is 0.265 e. The van der Waals surface area contributed by atoms with E-state index in [1.54, 1.807) is 32.2 Å². The van der Waals surface area contributed by atoms with Crippen LogP contribution in [0.2, 0.25) is 0 Å². The highest BCUT2D eigenvalue weighted by Crippen LogP contribution is 2.38. The van der Waals surface area contributed by atoms with Gasteiger partial charge in [-0.3, -0.25) is 9.59 Å². The van der Waals surface area contributed by atoms with Gasteiger partial charge in [-0.2, -0.15) is 0 Å². The van der Waals surface area contributed by atoms with Crippen molar-refractivity contribution in [1.29, 1.82) is 0 Å². The summed E-state index contributed by atoms with van der Waals surface area (Å²) < 4.78 is 11.0. The zero-order chi connectivity index (χ0) is 18.7. The molecular weight excluding hydrogens is 352 g/mol. The fourth-order valence-electron chi connectivity index (χ4n) is 3.09. The first-order chi connectivity index (χ1) is 12.5. The zero-order valence-electron chi connectivity index (χ0n) is 14.8. The van der Waals surface area contributed by atoms with Gasteiger partial charge in [0.1, 0.15) is 5.00 Å². The molecule has 3 rings (SSSR count). The molecule has 1 heterocycles. The van der Waals surface area contributed by atoms with Crippen molar-refractivity contribution in [2.24, 2.45) is 5.73 Å². The number of aryl methyl sites for hydroxylation is 1. The summed E-state index contributed by atoms with van der Waals surface area (Å²) in [5.74, 6) is 0.199. The Morgan fingerprint density at radius 3 is 2.58 bits per heavy atom. The van der Waals surface area contributed by atoms with Gasteiger partial charge in [0, 0.05) is 4.88 Å². The second kappa shape index (κ2) is 7.78. The molecule has 26 heavy (non-hydrogen) atoms. The first-order valence-corrected chi connectivity index (χ1v) is 9.37. The molecular formula is C19H22N2O4S. The first-order valence-electron chi connectivity index (χ1n) is 8.56. The second-order valence-electron chi connectivity index (χ2n) is 6.18. The number of para-hydroxylation sites is 2. The molecule has 6 nitrogen and oxygen atoms in total. The molecule has 0 fully saturated rings. The lowest BCUT2D eigenvalue weighted by Crippen LogP contribution is -2.30. The van der Waals surface area contributed by atoms with Gasteiger partial charge in [0.2, 0.25) is 0 Å². The van der Waals surface area contributed by atoms with Crippen LogP contribution in [0.15, 0.2) is 24.3 Å². The SMILES string of the molecule is COc1ccccc1OC(C)C(=O)Nc1sc2c(c1C(N)=O)CCCC2. The average molecular weight is 374 g/mol. The standard InChI is InChI=1S/C19H22N2O4S/c1-11(25-14-9-5-4-8-13(14)24-2)18(23)21-19-16(17(20)22)12-7-3-6-10-15(12)26-19/h4-5,8-9,11H,3,6-7,10H2,1-2H3,(H2,20,22)(H,21,23). The monoisotopic (exact) mass is 374 g/mol. The maximum atomic E-state index is 12.6. The van der Waals surface area contributed by atoms with Crippen molar-refractivity contribution >= 4 is 28.2 Å². The molecule has 0 saturated carbocycles. The van der Waals surface area contributed by atoms with Gasteiger partial charge in [-0.05, 0) is 50.3 Å². The predicted octanol–water partition coefficient (Wildman–Crippen LogP) is 3.14.